The van der Waals surface area contributed by atoms with Gasteiger partial charge in [-0.3, -0.25) is 4.79 Å². The molecule has 1 aromatic carbocycles. The third kappa shape index (κ3) is 2.06. The predicted octanol–water partition coefficient (Wildman–Crippen LogP) is 2.00. The Labute approximate surface area is 117 Å². The molecule has 0 spiro atoms. The SMILES string of the molecule is COC[C@@H]1CN(C(C)=O)[C@H]2c3cc(F)ccc3OC[C@@H]12. The van der Waals surface area contributed by atoms with E-state index in [9.17, 15) is 9.18 Å². The van der Waals surface area contributed by atoms with Crippen molar-refractivity contribution in [3.05, 3.63) is 29.6 Å². The van der Waals surface area contributed by atoms with E-state index in [1.165, 1.54) is 12.1 Å². The summed E-state index contributed by atoms with van der Waals surface area (Å²) >= 11 is 0. The van der Waals surface area contributed by atoms with Crippen LogP contribution in [0, 0.1) is 17.7 Å². The van der Waals surface area contributed by atoms with E-state index >= 15 is 0 Å². The highest BCUT2D eigenvalue weighted by Gasteiger charge is 2.47. The molecule has 0 radical (unpaired) electrons. The van der Waals surface area contributed by atoms with Crippen molar-refractivity contribution in [3.8, 4) is 5.75 Å². The van der Waals surface area contributed by atoms with Crippen LogP contribution in [0.3, 0.4) is 0 Å². The molecule has 20 heavy (non-hydrogen) atoms. The highest BCUT2D eigenvalue weighted by Crippen LogP contribution is 2.47. The molecule has 5 heteroatoms. The van der Waals surface area contributed by atoms with Gasteiger partial charge in [0.1, 0.15) is 11.6 Å². The quantitative estimate of drug-likeness (QED) is 0.831. The van der Waals surface area contributed by atoms with Crippen LogP contribution >= 0.6 is 0 Å². The summed E-state index contributed by atoms with van der Waals surface area (Å²) in [6, 6.07) is 4.41. The lowest BCUT2D eigenvalue weighted by Crippen LogP contribution is -2.34. The standard InChI is InChI=1S/C15H18FNO3/c1-9(18)17-6-10(7-19-2)13-8-20-14-4-3-11(16)5-12(14)15(13)17/h3-5,10,13,15H,6-8H2,1-2H3/t10-,13-,15-/m0/s1. The molecule has 2 aliphatic heterocycles. The van der Waals surface area contributed by atoms with Gasteiger partial charge in [-0.2, -0.15) is 0 Å². The van der Waals surface area contributed by atoms with E-state index in [-0.39, 0.29) is 29.6 Å². The Morgan fingerprint density at radius 1 is 1.55 bits per heavy atom. The molecule has 0 N–H and O–H groups in total. The lowest BCUT2D eigenvalue weighted by molar-refractivity contribution is -0.130. The maximum Gasteiger partial charge on any atom is 0.219 e. The third-order valence-electron chi connectivity index (χ3n) is 4.29. The fraction of sp³-hybridized carbons (Fsp3) is 0.533. The minimum absolute atomic E-state index is 0.00992. The van der Waals surface area contributed by atoms with Gasteiger partial charge in [0.25, 0.3) is 0 Å². The van der Waals surface area contributed by atoms with Gasteiger partial charge in [0, 0.05) is 38.0 Å². The van der Waals surface area contributed by atoms with Crippen molar-refractivity contribution in [2.75, 3.05) is 26.9 Å². The van der Waals surface area contributed by atoms with Gasteiger partial charge < -0.3 is 14.4 Å². The Hall–Kier alpha value is -1.62. The number of fused-ring (bicyclic) bond motifs is 3. The highest BCUT2D eigenvalue weighted by molar-refractivity contribution is 5.74. The van der Waals surface area contributed by atoms with Gasteiger partial charge in [0.15, 0.2) is 0 Å². The first-order chi connectivity index (χ1) is 9.61. The molecule has 2 heterocycles. The van der Waals surface area contributed by atoms with Crippen molar-refractivity contribution in [2.24, 2.45) is 11.8 Å². The van der Waals surface area contributed by atoms with Crippen molar-refractivity contribution in [3.63, 3.8) is 0 Å². The zero-order valence-electron chi connectivity index (χ0n) is 11.6. The molecule has 3 rings (SSSR count). The molecular formula is C15H18FNO3. The van der Waals surface area contributed by atoms with Gasteiger partial charge in [-0.25, -0.2) is 4.39 Å². The molecule has 0 aliphatic carbocycles. The number of methoxy groups -OCH3 is 1. The summed E-state index contributed by atoms with van der Waals surface area (Å²) in [4.78, 5) is 13.7. The van der Waals surface area contributed by atoms with E-state index in [0.29, 0.717) is 25.5 Å². The van der Waals surface area contributed by atoms with E-state index in [4.69, 9.17) is 9.47 Å². The van der Waals surface area contributed by atoms with Gasteiger partial charge in [-0.15, -0.1) is 0 Å². The number of amides is 1. The first-order valence-electron chi connectivity index (χ1n) is 6.80. The minimum Gasteiger partial charge on any atom is -0.493 e. The van der Waals surface area contributed by atoms with E-state index in [0.717, 1.165) is 5.56 Å². The second kappa shape index (κ2) is 5.05. The first kappa shape index (κ1) is 13.4. The fourth-order valence-corrected chi connectivity index (χ4v) is 3.40. The van der Waals surface area contributed by atoms with Crippen molar-refractivity contribution >= 4 is 5.91 Å². The number of rotatable bonds is 2. The van der Waals surface area contributed by atoms with Gasteiger partial charge in [0.05, 0.1) is 19.3 Å². The van der Waals surface area contributed by atoms with Crippen molar-refractivity contribution in [1.82, 2.24) is 4.90 Å². The maximum absolute atomic E-state index is 13.5. The molecule has 4 nitrogen and oxygen atoms in total. The Bertz CT molecular complexity index is 534. The summed E-state index contributed by atoms with van der Waals surface area (Å²) in [7, 11) is 1.66. The Morgan fingerprint density at radius 2 is 2.35 bits per heavy atom. The van der Waals surface area contributed by atoms with E-state index in [1.54, 1.807) is 20.1 Å². The predicted molar refractivity (Wildman–Crippen MR) is 70.9 cm³/mol. The third-order valence-corrected chi connectivity index (χ3v) is 4.29. The van der Waals surface area contributed by atoms with Gasteiger partial charge in [-0.05, 0) is 18.2 Å². The summed E-state index contributed by atoms with van der Waals surface area (Å²) in [5, 5.41) is 0. The van der Waals surface area contributed by atoms with Gasteiger partial charge in [-0.1, -0.05) is 0 Å². The van der Waals surface area contributed by atoms with Crippen LogP contribution in [0.2, 0.25) is 0 Å². The normalized spacial score (nSPS) is 27.8. The van der Waals surface area contributed by atoms with Crippen LogP contribution in [-0.2, 0) is 9.53 Å². The molecule has 2 aliphatic rings. The molecule has 0 saturated carbocycles. The van der Waals surface area contributed by atoms with Crippen LogP contribution in [0.1, 0.15) is 18.5 Å². The lowest BCUT2D eigenvalue weighted by Gasteiger charge is -2.34. The van der Waals surface area contributed by atoms with Crippen LogP contribution in [0.4, 0.5) is 4.39 Å². The first-order valence-corrected chi connectivity index (χ1v) is 6.80. The zero-order valence-corrected chi connectivity index (χ0v) is 11.6. The number of hydrogen-bond donors (Lipinski definition) is 0. The number of ether oxygens (including phenoxy) is 2. The van der Waals surface area contributed by atoms with Crippen LogP contribution in [-0.4, -0.2) is 37.7 Å². The number of halogens is 1. The summed E-state index contributed by atoms with van der Waals surface area (Å²) < 4.78 is 24.5. The average molecular weight is 279 g/mol. The van der Waals surface area contributed by atoms with Crippen LogP contribution < -0.4 is 4.74 Å². The Balaban J connectivity index is 2.01. The number of carbonyl (C=O) groups is 1. The molecule has 3 atom stereocenters. The number of nitrogens with zero attached hydrogens (tertiary/aromatic N) is 1. The highest BCUT2D eigenvalue weighted by atomic mass is 19.1. The summed E-state index contributed by atoms with van der Waals surface area (Å²) in [5.74, 6) is 0.776. The topological polar surface area (TPSA) is 38.8 Å². The smallest absolute Gasteiger partial charge is 0.219 e. The molecule has 0 bridgehead atoms. The Morgan fingerprint density at radius 3 is 3.05 bits per heavy atom. The fourth-order valence-electron chi connectivity index (χ4n) is 3.40. The molecule has 0 unspecified atom stereocenters. The van der Waals surface area contributed by atoms with Gasteiger partial charge in [0.2, 0.25) is 5.91 Å². The number of carbonyl (C=O) groups excluding carboxylic acids is 1. The molecule has 0 aromatic heterocycles. The van der Waals surface area contributed by atoms with Crippen LogP contribution in [0.15, 0.2) is 18.2 Å². The molecule has 108 valence electrons. The molecule has 1 aromatic rings. The van der Waals surface area contributed by atoms with Crippen molar-refractivity contribution in [1.29, 1.82) is 0 Å². The van der Waals surface area contributed by atoms with E-state index < -0.39 is 0 Å². The largest absolute Gasteiger partial charge is 0.493 e. The van der Waals surface area contributed by atoms with Crippen LogP contribution in [0.5, 0.6) is 5.75 Å². The van der Waals surface area contributed by atoms with E-state index in [1.807, 2.05) is 4.90 Å². The number of benzene rings is 1. The second-order valence-electron chi connectivity index (χ2n) is 5.49. The number of likely N-dealkylation sites (tertiary alicyclic amines) is 1. The summed E-state index contributed by atoms with van der Waals surface area (Å²) in [6.07, 6.45) is 0. The summed E-state index contributed by atoms with van der Waals surface area (Å²) in [6.45, 7) is 3.32. The minimum atomic E-state index is -0.299. The van der Waals surface area contributed by atoms with Crippen molar-refractivity contribution in [2.45, 2.75) is 13.0 Å². The molecule has 1 amide bonds. The van der Waals surface area contributed by atoms with E-state index in [2.05, 4.69) is 0 Å². The molecule has 1 saturated heterocycles. The Kier molecular flexibility index (Phi) is 3.38. The molecular weight excluding hydrogens is 261 g/mol. The van der Waals surface area contributed by atoms with Crippen molar-refractivity contribution < 1.29 is 18.7 Å². The average Bonchev–Trinajstić information content (AvgIpc) is 2.79. The zero-order chi connectivity index (χ0) is 14.3. The second-order valence-corrected chi connectivity index (χ2v) is 5.49. The lowest BCUT2D eigenvalue weighted by atomic mass is 9.85. The number of hydrogen-bond acceptors (Lipinski definition) is 3. The van der Waals surface area contributed by atoms with Crippen LogP contribution in [0.25, 0.3) is 0 Å². The summed E-state index contributed by atoms with van der Waals surface area (Å²) in [5.41, 5.74) is 0.773. The monoisotopic (exact) mass is 279 g/mol. The van der Waals surface area contributed by atoms with Gasteiger partial charge >= 0.3 is 0 Å². The molecule has 1 fully saturated rings. The maximum atomic E-state index is 13.5.